The van der Waals surface area contributed by atoms with Crippen LogP contribution in [-0.4, -0.2) is 68.3 Å². The van der Waals surface area contributed by atoms with E-state index in [0.29, 0.717) is 0 Å². The van der Waals surface area contributed by atoms with Gasteiger partial charge in [-0.2, -0.15) is 0 Å². The first-order valence-electron chi connectivity index (χ1n) is 4.10. The number of rotatable bonds is 4. The Kier molecular flexibility index (Phi) is 21.2. The molecule has 0 fully saturated rings. The Morgan fingerprint density at radius 2 is 0.724 bits per heavy atom. The summed E-state index contributed by atoms with van der Waals surface area (Å²) in [4.78, 5) is 0. The molecule has 0 saturated carbocycles. The molecule has 0 heterocycles. The van der Waals surface area contributed by atoms with Gasteiger partial charge in [-0.15, -0.1) is 0 Å². The molecule has 0 atom stereocenters. The minimum Gasteiger partial charge on any atom is 2.00 e. The van der Waals surface area contributed by atoms with Gasteiger partial charge in [0.05, 0.1) is 0 Å². The van der Waals surface area contributed by atoms with Gasteiger partial charge in [-0.1, -0.05) is 0 Å². The Morgan fingerprint density at radius 1 is 0.621 bits per heavy atom. The largest absolute Gasteiger partial charge is 2.00 e. The van der Waals surface area contributed by atoms with Crippen LogP contribution in [0.3, 0.4) is 0 Å². The molecule has 0 aromatic carbocycles. The smallest absolute Gasteiger partial charge is 2.00 e. The van der Waals surface area contributed by atoms with Crippen LogP contribution in [0.25, 0.3) is 0 Å². The molecular formula is H6Cr2Mo2O22PbS2. The fraction of sp³-hybridized carbons (Fsp3) is 0. The van der Waals surface area contributed by atoms with E-state index in [-0.39, 0.29) is 27.3 Å². The minimum absolute atomic E-state index is 0. The van der Waals surface area contributed by atoms with E-state index in [0.717, 1.165) is 0 Å². The molecular weight excluding hydrogens is 919 g/mol. The predicted molar refractivity (Wildman–Crippen MR) is 45.4 cm³/mol. The summed E-state index contributed by atoms with van der Waals surface area (Å²) < 4.78 is 178. The minimum atomic E-state index is -6.04. The zero-order chi connectivity index (χ0) is 24.4. The van der Waals surface area contributed by atoms with Crippen molar-refractivity contribution in [1.29, 1.82) is 0 Å². The van der Waals surface area contributed by atoms with E-state index in [2.05, 4.69) is 6.47 Å². The van der Waals surface area contributed by atoms with Gasteiger partial charge in [0.2, 0.25) is 0 Å². The van der Waals surface area contributed by atoms with Gasteiger partial charge < -0.3 is 0 Å². The van der Waals surface area contributed by atoms with Gasteiger partial charge >= 0.3 is 193 Å². The van der Waals surface area contributed by atoms with Crippen molar-refractivity contribution in [3.05, 3.63) is 0 Å². The van der Waals surface area contributed by atoms with E-state index < -0.39 is 81.5 Å². The Morgan fingerprint density at radius 3 is 0.724 bits per heavy atom. The van der Waals surface area contributed by atoms with Crippen molar-refractivity contribution in [3.63, 3.8) is 0 Å². The fourth-order valence-corrected chi connectivity index (χ4v) is 2.61. The first kappa shape index (κ1) is 40.6. The third kappa shape index (κ3) is 124. The van der Waals surface area contributed by atoms with Crippen LogP contribution >= 0.6 is 0 Å². The van der Waals surface area contributed by atoms with Gasteiger partial charge in [0, 0.05) is 0 Å². The van der Waals surface area contributed by atoms with Gasteiger partial charge in [0.25, 0.3) is 0 Å². The molecule has 0 aliphatic heterocycles. The van der Waals surface area contributed by atoms with Crippen molar-refractivity contribution < 1.29 is 145 Å². The monoisotopic (exact) mass is 930 g/mol. The normalized spacial score (nSPS) is 12.4. The summed E-state index contributed by atoms with van der Waals surface area (Å²) in [7, 11) is -10.3. The Bertz CT molecular complexity index is 913. The maximum atomic E-state index is 9.42. The molecule has 0 rings (SSSR count). The molecule has 29 heteroatoms. The van der Waals surface area contributed by atoms with Gasteiger partial charge in [-0.25, -0.2) is 0 Å². The van der Waals surface area contributed by atoms with E-state index in [1.165, 1.54) is 0 Å². The third-order valence-corrected chi connectivity index (χ3v) is 4.19. The molecule has 0 spiro atoms. The van der Waals surface area contributed by atoms with Crippen molar-refractivity contribution >= 4 is 48.1 Å². The maximum Gasteiger partial charge on any atom is 2.00 e. The van der Waals surface area contributed by atoms with Crippen LogP contribution in [0.2, 0.25) is 0 Å². The quantitative estimate of drug-likeness (QED) is 0.113. The zero-order valence-corrected chi connectivity index (χ0v) is 24.2. The molecule has 0 bridgehead atoms. The summed E-state index contributed by atoms with van der Waals surface area (Å²) in [5.41, 5.74) is 0. The average Bonchev–Trinajstić information content (AvgIpc) is 1.95. The standard InChI is InChI=1S/2Cr.2Mo.2H2O4S.4H2O.10O.Pb/c;;;;2*1-5(2,3)4;;;;;;;;;;;;;;;/h;;;;2*(H2,1,2,3,4);4*1H2;;;;;;;;;;;/q2*+1;2*+2;;;;;;;;;;;;;;;2*-1;+2/p-6. The van der Waals surface area contributed by atoms with Gasteiger partial charge in [0.15, 0.2) is 0 Å². The summed E-state index contributed by atoms with van der Waals surface area (Å²) in [6.07, 6.45) is 0. The molecule has 0 unspecified atom stereocenters. The van der Waals surface area contributed by atoms with Crippen molar-refractivity contribution in [1.82, 2.24) is 0 Å². The van der Waals surface area contributed by atoms with E-state index in [4.69, 9.17) is 37.7 Å². The van der Waals surface area contributed by atoms with E-state index in [1.807, 2.05) is 0 Å². The zero-order valence-electron chi connectivity index (χ0n) is 12.2. The van der Waals surface area contributed by atoms with Crippen LogP contribution in [0.5, 0.6) is 0 Å². The number of hydrogen-bond acceptors (Lipinski definition) is 16. The second-order valence-corrected chi connectivity index (χ2v) is 12.9. The molecule has 0 saturated heterocycles. The summed E-state index contributed by atoms with van der Waals surface area (Å²) in [5, 5.41) is 0. The molecule has 0 aliphatic rings. The fourth-order valence-electron chi connectivity index (χ4n) is 0.211. The third-order valence-electron chi connectivity index (χ3n) is 0.339. The molecule has 6 N–H and O–H groups in total. The first-order chi connectivity index (χ1) is 11.4. The Balaban J connectivity index is -0.0000000907. The van der Waals surface area contributed by atoms with Crippen LogP contribution in [-0.2, 0) is 117 Å². The second kappa shape index (κ2) is 15.2. The van der Waals surface area contributed by atoms with E-state index in [1.54, 1.807) is 0 Å². The Labute approximate surface area is 191 Å². The molecule has 0 aromatic rings. The molecule has 22 nitrogen and oxygen atoms in total. The number of hydrogen-bond donors (Lipinski definition) is 6. The van der Waals surface area contributed by atoms with Gasteiger partial charge in [-0.05, 0) is 0 Å². The molecule has 0 aromatic heterocycles. The molecule has 178 valence electrons. The van der Waals surface area contributed by atoms with Crippen LogP contribution in [0.4, 0.5) is 0 Å². The molecule has 0 amide bonds. The van der Waals surface area contributed by atoms with Crippen LogP contribution < -0.4 is 8.32 Å². The van der Waals surface area contributed by atoms with Crippen LogP contribution in [0, 0.1) is 0 Å². The van der Waals surface area contributed by atoms with Crippen molar-refractivity contribution in [2.45, 2.75) is 0 Å². The second-order valence-electron chi connectivity index (χ2n) is 2.70. The summed E-state index contributed by atoms with van der Waals surface area (Å²) >= 11 is -23.1. The topological polar surface area (TPSA) is 391 Å². The molecule has 29 heavy (non-hydrogen) atoms. The van der Waals surface area contributed by atoms with E-state index >= 15 is 0 Å². The summed E-state index contributed by atoms with van der Waals surface area (Å²) in [5.74, 6) is 0. The van der Waals surface area contributed by atoms with Gasteiger partial charge in [-0.3, -0.25) is 0 Å². The Hall–Kier alpha value is 1.26. The molecule has 2 radical (unpaired) electrons. The van der Waals surface area contributed by atoms with Crippen LogP contribution in [0.15, 0.2) is 0 Å². The summed E-state index contributed by atoms with van der Waals surface area (Å²) in [6.45, 7) is 0. The first-order valence-corrected chi connectivity index (χ1v) is 17.9. The van der Waals surface area contributed by atoms with Crippen molar-refractivity contribution in [2.75, 3.05) is 0 Å². The van der Waals surface area contributed by atoms with Crippen LogP contribution in [0.1, 0.15) is 0 Å². The molecule has 0 aliphatic carbocycles. The SMILES string of the molecule is O=S(=O)(O)[O][Cr](=[O])(=[O])[O-].O=S(=O)(O)[O][Cr](=[O])(=[O])[O-].[O]=[Mo](=[O])([OH])[OH].[O]=[Mo](=[O])([OH])[OH].[Pb+2]. The van der Waals surface area contributed by atoms with Crippen molar-refractivity contribution in [3.8, 4) is 0 Å². The average molecular weight is 925 g/mol. The van der Waals surface area contributed by atoms with Gasteiger partial charge in [0.1, 0.15) is 0 Å². The van der Waals surface area contributed by atoms with E-state index in [9.17, 15) is 40.4 Å². The maximum absolute atomic E-state index is 9.42. The summed E-state index contributed by atoms with van der Waals surface area (Å²) in [6, 6.07) is 0. The predicted octanol–water partition coefficient (Wildman–Crippen LogP) is -7.41. The van der Waals surface area contributed by atoms with Crippen molar-refractivity contribution in [2.24, 2.45) is 0 Å².